The predicted octanol–water partition coefficient (Wildman–Crippen LogP) is -1.87. The van der Waals surface area contributed by atoms with Crippen LogP contribution in [0.15, 0.2) is 15.8 Å². The van der Waals surface area contributed by atoms with E-state index in [-0.39, 0.29) is 6.61 Å². The van der Waals surface area contributed by atoms with Gasteiger partial charge in [-0.15, -0.1) is 0 Å². The van der Waals surface area contributed by atoms with Gasteiger partial charge in [-0.25, -0.2) is 4.79 Å². The van der Waals surface area contributed by atoms with Crippen LogP contribution in [0.25, 0.3) is 0 Å². The Balaban J connectivity index is 2.31. The second kappa shape index (κ2) is 7.16. The molecule has 4 atom stereocenters. The Kier molecular flexibility index (Phi) is 5.48. The van der Waals surface area contributed by atoms with Gasteiger partial charge in [0.05, 0.1) is 19.8 Å². The monoisotopic (exact) mass is 316 g/mol. The largest absolute Gasteiger partial charge is 0.394 e. The van der Waals surface area contributed by atoms with Gasteiger partial charge in [0.15, 0.2) is 6.23 Å². The number of nitrogens with zero attached hydrogens (tertiary/aromatic N) is 1. The van der Waals surface area contributed by atoms with Crippen LogP contribution in [-0.4, -0.2) is 65.0 Å². The molecule has 124 valence electrons. The zero-order valence-corrected chi connectivity index (χ0v) is 12.4. The Hall–Kier alpha value is -1.52. The molecule has 22 heavy (non-hydrogen) atoms. The number of H-pyrrole nitrogens is 1. The molecule has 0 radical (unpaired) electrons. The summed E-state index contributed by atoms with van der Waals surface area (Å²) in [5.74, 6) is 0. The van der Waals surface area contributed by atoms with Crippen LogP contribution in [0.5, 0.6) is 0 Å². The molecular weight excluding hydrogens is 296 g/mol. The molecule has 0 bridgehead atoms. The Morgan fingerprint density at radius 2 is 2.14 bits per heavy atom. The van der Waals surface area contributed by atoms with Crippen molar-refractivity contribution >= 4 is 0 Å². The van der Waals surface area contributed by atoms with Gasteiger partial charge < -0.3 is 24.4 Å². The van der Waals surface area contributed by atoms with E-state index in [4.69, 9.17) is 14.2 Å². The summed E-state index contributed by atoms with van der Waals surface area (Å²) in [7, 11) is 1.51. The quantitative estimate of drug-likeness (QED) is 0.525. The maximum Gasteiger partial charge on any atom is 0.330 e. The van der Waals surface area contributed by atoms with E-state index in [0.717, 1.165) is 4.57 Å². The third-order valence-corrected chi connectivity index (χ3v) is 3.51. The molecule has 0 spiro atoms. The zero-order valence-electron chi connectivity index (χ0n) is 12.4. The fourth-order valence-corrected chi connectivity index (χ4v) is 2.32. The summed E-state index contributed by atoms with van der Waals surface area (Å²) in [6.45, 7) is 1.62. The van der Waals surface area contributed by atoms with Crippen LogP contribution < -0.4 is 11.2 Å². The minimum Gasteiger partial charge on any atom is -0.394 e. The molecule has 4 unspecified atom stereocenters. The van der Waals surface area contributed by atoms with E-state index in [9.17, 15) is 19.8 Å². The molecule has 1 saturated heterocycles. The summed E-state index contributed by atoms with van der Waals surface area (Å²) in [4.78, 5) is 25.6. The molecule has 1 aliphatic rings. The molecule has 0 aromatic carbocycles. The molecule has 9 heteroatoms. The first-order valence-corrected chi connectivity index (χ1v) is 6.86. The van der Waals surface area contributed by atoms with Gasteiger partial charge in [-0.05, 0) is 6.92 Å². The fourth-order valence-electron chi connectivity index (χ4n) is 2.32. The van der Waals surface area contributed by atoms with Crippen molar-refractivity contribution in [1.82, 2.24) is 9.55 Å². The van der Waals surface area contributed by atoms with Crippen molar-refractivity contribution in [2.24, 2.45) is 0 Å². The molecule has 1 fully saturated rings. The molecule has 9 nitrogen and oxygen atoms in total. The van der Waals surface area contributed by atoms with Crippen molar-refractivity contribution in [2.45, 2.75) is 31.5 Å². The Morgan fingerprint density at radius 3 is 2.77 bits per heavy atom. The summed E-state index contributed by atoms with van der Waals surface area (Å²) in [6, 6.07) is 0. The molecule has 1 aromatic heterocycles. The predicted molar refractivity (Wildman–Crippen MR) is 74.7 cm³/mol. The molecule has 2 heterocycles. The number of aliphatic hydroxyl groups is 2. The van der Waals surface area contributed by atoms with Gasteiger partial charge in [-0.1, -0.05) is 0 Å². The number of aliphatic hydroxyl groups excluding tert-OH is 2. The van der Waals surface area contributed by atoms with Gasteiger partial charge >= 0.3 is 5.69 Å². The highest BCUT2D eigenvalue weighted by Gasteiger charge is 2.45. The van der Waals surface area contributed by atoms with Gasteiger partial charge in [0, 0.05) is 18.9 Å². The number of ether oxygens (including phenoxy) is 3. The molecule has 0 aliphatic carbocycles. The second-order valence-electron chi connectivity index (χ2n) is 5.05. The lowest BCUT2D eigenvalue weighted by Gasteiger charge is -2.22. The summed E-state index contributed by atoms with van der Waals surface area (Å²) < 4.78 is 17.0. The van der Waals surface area contributed by atoms with Crippen LogP contribution in [0.4, 0.5) is 0 Å². The van der Waals surface area contributed by atoms with Crippen LogP contribution in [0.2, 0.25) is 0 Å². The van der Waals surface area contributed by atoms with Crippen molar-refractivity contribution in [3.05, 3.63) is 32.6 Å². The summed E-state index contributed by atoms with van der Waals surface area (Å²) in [6.07, 6.45) is -2.46. The van der Waals surface area contributed by atoms with Gasteiger partial charge in [0.25, 0.3) is 5.56 Å². The number of aromatic nitrogens is 2. The smallest absolute Gasteiger partial charge is 0.330 e. The minimum atomic E-state index is -1.11. The van der Waals surface area contributed by atoms with Crippen molar-refractivity contribution in [2.75, 3.05) is 26.9 Å². The standard InChI is InChI=1S/C13H20N2O7/c1-7-5-15(13(19)14-11(7)18)12-10(21-4-3-20-2)9(17)8(6-16)22-12/h5,8-10,12,16-17H,3-4,6H2,1-2H3,(H,14,18,19). The first-order chi connectivity index (χ1) is 10.5. The van der Waals surface area contributed by atoms with Gasteiger partial charge in [-0.2, -0.15) is 0 Å². The maximum atomic E-state index is 12.0. The molecule has 2 rings (SSSR count). The average Bonchev–Trinajstić information content (AvgIpc) is 2.80. The first kappa shape index (κ1) is 16.8. The SMILES string of the molecule is COCCOC1C(O)C(CO)OC1n1cc(C)c(=O)[nH]c1=O. The molecule has 1 aliphatic heterocycles. The van der Waals surface area contributed by atoms with Crippen molar-refractivity contribution in [3.8, 4) is 0 Å². The van der Waals surface area contributed by atoms with Crippen molar-refractivity contribution in [1.29, 1.82) is 0 Å². The van der Waals surface area contributed by atoms with Crippen LogP contribution in [0.3, 0.4) is 0 Å². The molecule has 0 saturated carbocycles. The summed E-state index contributed by atoms with van der Waals surface area (Å²) >= 11 is 0. The van der Waals surface area contributed by atoms with Gasteiger partial charge in [0.1, 0.15) is 18.3 Å². The van der Waals surface area contributed by atoms with Crippen LogP contribution >= 0.6 is 0 Å². The number of aryl methyl sites for hydroxylation is 1. The van der Waals surface area contributed by atoms with E-state index in [1.54, 1.807) is 6.92 Å². The highest BCUT2D eigenvalue weighted by molar-refractivity contribution is 5.03. The number of hydrogen-bond donors (Lipinski definition) is 3. The third kappa shape index (κ3) is 3.28. The van der Waals surface area contributed by atoms with E-state index in [0.29, 0.717) is 12.2 Å². The third-order valence-electron chi connectivity index (χ3n) is 3.51. The van der Waals surface area contributed by atoms with E-state index < -0.39 is 42.4 Å². The highest BCUT2D eigenvalue weighted by atomic mass is 16.6. The molecule has 1 aromatic rings. The fraction of sp³-hybridized carbons (Fsp3) is 0.692. The topological polar surface area (TPSA) is 123 Å². The lowest BCUT2D eigenvalue weighted by atomic mass is 10.1. The summed E-state index contributed by atoms with van der Waals surface area (Å²) in [5.41, 5.74) is -0.845. The van der Waals surface area contributed by atoms with Gasteiger partial charge in [0.2, 0.25) is 0 Å². The lowest BCUT2D eigenvalue weighted by Crippen LogP contribution is -2.40. The van der Waals surface area contributed by atoms with Crippen LogP contribution in [0, 0.1) is 6.92 Å². The van der Waals surface area contributed by atoms with E-state index >= 15 is 0 Å². The second-order valence-corrected chi connectivity index (χ2v) is 5.05. The number of hydrogen-bond acceptors (Lipinski definition) is 7. The van der Waals surface area contributed by atoms with Crippen molar-refractivity contribution in [3.63, 3.8) is 0 Å². The Labute approximate surface area is 126 Å². The maximum absolute atomic E-state index is 12.0. The number of rotatable bonds is 6. The highest BCUT2D eigenvalue weighted by Crippen LogP contribution is 2.30. The summed E-state index contributed by atoms with van der Waals surface area (Å²) in [5, 5.41) is 19.4. The number of methoxy groups -OCH3 is 1. The molecule has 3 N–H and O–H groups in total. The minimum absolute atomic E-state index is 0.188. The lowest BCUT2D eigenvalue weighted by molar-refractivity contribution is -0.0820. The van der Waals surface area contributed by atoms with Crippen LogP contribution in [0.1, 0.15) is 11.8 Å². The Morgan fingerprint density at radius 1 is 1.41 bits per heavy atom. The number of nitrogens with one attached hydrogen (secondary N) is 1. The zero-order chi connectivity index (χ0) is 16.3. The van der Waals surface area contributed by atoms with Gasteiger partial charge in [-0.3, -0.25) is 14.3 Å². The van der Waals surface area contributed by atoms with E-state index in [1.807, 2.05) is 0 Å². The van der Waals surface area contributed by atoms with Crippen molar-refractivity contribution < 1.29 is 24.4 Å². The molecule has 0 amide bonds. The molecular formula is C13H20N2O7. The Bertz CT molecular complexity index is 611. The average molecular weight is 316 g/mol. The first-order valence-electron chi connectivity index (χ1n) is 6.86. The van der Waals surface area contributed by atoms with E-state index in [2.05, 4.69) is 4.98 Å². The number of aromatic amines is 1. The normalized spacial score (nSPS) is 28.2. The van der Waals surface area contributed by atoms with E-state index in [1.165, 1.54) is 13.3 Å². The van der Waals surface area contributed by atoms with Crippen LogP contribution in [-0.2, 0) is 14.2 Å².